The predicted molar refractivity (Wildman–Crippen MR) is 108 cm³/mol. The highest BCUT2D eigenvalue weighted by atomic mass is 19.1. The molecule has 0 spiro atoms. The number of nitrogens with zero attached hydrogens (tertiary/aromatic N) is 2. The fourth-order valence-electron chi connectivity index (χ4n) is 3.75. The minimum absolute atomic E-state index is 0.102. The molecule has 1 unspecified atom stereocenters. The van der Waals surface area contributed by atoms with Crippen molar-refractivity contribution in [3.05, 3.63) is 65.5 Å². The highest BCUT2D eigenvalue weighted by Gasteiger charge is 2.33. The zero-order valence-electron chi connectivity index (χ0n) is 16.5. The van der Waals surface area contributed by atoms with Crippen LogP contribution in [0.15, 0.2) is 53.7 Å². The quantitative estimate of drug-likeness (QED) is 0.706. The zero-order valence-corrected chi connectivity index (χ0v) is 16.5. The van der Waals surface area contributed by atoms with Crippen molar-refractivity contribution in [3.63, 3.8) is 0 Å². The van der Waals surface area contributed by atoms with Crippen molar-refractivity contribution < 1.29 is 18.8 Å². The van der Waals surface area contributed by atoms with Gasteiger partial charge in [-0.2, -0.15) is 0 Å². The van der Waals surface area contributed by atoms with Crippen molar-refractivity contribution in [2.45, 2.75) is 38.3 Å². The highest BCUT2D eigenvalue weighted by Crippen LogP contribution is 2.30. The molecule has 0 saturated heterocycles. The van der Waals surface area contributed by atoms with Gasteiger partial charge in [-0.15, -0.1) is 0 Å². The third-order valence-electron chi connectivity index (χ3n) is 5.59. The number of carbonyl (C=O) groups is 1. The first-order chi connectivity index (χ1) is 14.1. The number of ether oxygens (including phenoxy) is 1. The van der Waals surface area contributed by atoms with Crippen molar-refractivity contribution in [2.75, 3.05) is 13.7 Å². The van der Waals surface area contributed by atoms with Gasteiger partial charge in [0.05, 0.1) is 19.4 Å². The van der Waals surface area contributed by atoms with Crippen molar-refractivity contribution in [1.82, 2.24) is 4.90 Å². The van der Waals surface area contributed by atoms with E-state index >= 15 is 0 Å². The summed E-state index contributed by atoms with van der Waals surface area (Å²) < 4.78 is 18.8. The van der Waals surface area contributed by atoms with Gasteiger partial charge in [0.2, 0.25) is 5.91 Å². The Balaban J connectivity index is 1.45. The molecule has 1 heterocycles. The summed E-state index contributed by atoms with van der Waals surface area (Å²) in [5, 5.41) is 4.15. The Morgan fingerprint density at radius 2 is 2.07 bits per heavy atom. The topological polar surface area (TPSA) is 51.1 Å². The lowest BCUT2D eigenvalue weighted by molar-refractivity contribution is -0.140. The standard InChI is InChI=1S/C23H25FN2O3/c1-28-20-10-2-5-16(11-20)14-26(23(27)17-6-3-7-17)15-21-13-22(25-29-21)18-8-4-9-19(24)12-18/h2,4-5,8-12,17,21H,3,6-7,13-15H2,1H3. The number of benzene rings is 2. The molecule has 0 aromatic heterocycles. The van der Waals surface area contributed by atoms with Crippen LogP contribution in [0.25, 0.3) is 0 Å². The molecule has 0 radical (unpaired) electrons. The molecular formula is C23H25FN2O3. The van der Waals surface area contributed by atoms with E-state index in [1.807, 2.05) is 35.2 Å². The average Bonchev–Trinajstić information content (AvgIpc) is 3.15. The average molecular weight is 396 g/mol. The fraction of sp³-hybridized carbons (Fsp3) is 0.391. The molecule has 152 valence electrons. The second-order valence-electron chi connectivity index (χ2n) is 7.68. The van der Waals surface area contributed by atoms with Gasteiger partial charge in [-0.3, -0.25) is 4.79 Å². The predicted octanol–water partition coefficient (Wildman–Crippen LogP) is 4.16. The summed E-state index contributed by atoms with van der Waals surface area (Å²) in [4.78, 5) is 20.5. The van der Waals surface area contributed by atoms with E-state index in [1.165, 1.54) is 12.1 Å². The van der Waals surface area contributed by atoms with Crippen LogP contribution >= 0.6 is 0 Å². The van der Waals surface area contributed by atoms with Gasteiger partial charge in [0.1, 0.15) is 11.6 Å². The van der Waals surface area contributed by atoms with Crippen LogP contribution in [0.2, 0.25) is 0 Å². The van der Waals surface area contributed by atoms with Crippen LogP contribution in [0, 0.1) is 11.7 Å². The summed E-state index contributed by atoms with van der Waals surface area (Å²) in [6.07, 6.45) is 3.32. The summed E-state index contributed by atoms with van der Waals surface area (Å²) in [7, 11) is 1.63. The van der Waals surface area contributed by atoms with Crippen molar-refractivity contribution in [3.8, 4) is 5.75 Å². The maximum Gasteiger partial charge on any atom is 0.226 e. The molecular weight excluding hydrogens is 371 g/mol. The summed E-state index contributed by atoms with van der Waals surface area (Å²) >= 11 is 0. The second-order valence-corrected chi connectivity index (χ2v) is 7.68. The SMILES string of the molecule is COc1cccc(CN(CC2CC(c3cccc(F)c3)=NO2)C(=O)C2CCC2)c1. The van der Waals surface area contributed by atoms with Gasteiger partial charge in [-0.1, -0.05) is 35.8 Å². The Bertz CT molecular complexity index is 911. The number of hydrogen-bond donors (Lipinski definition) is 0. The van der Waals surface area contributed by atoms with Crippen LogP contribution in [0.3, 0.4) is 0 Å². The molecule has 0 N–H and O–H groups in total. The molecule has 2 aromatic carbocycles. The molecule has 2 aromatic rings. The van der Waals surface area contributed by atoms with Gasteiger partial charge >= 0.3 is 0 Å². The Morgan fingerprint density at radius 1 is 1.24 bits per heavy atom. The van der Waals surface area contributed by atoms with Crippen molar-refractivity contribution in [1.29, 1.82) is 0 Å². The molecule has 1 saturated carbocycles. The second kappa shape index (κ2) is 8.64. The smallest absolute Gasteiger partial charge is 0.226 e. The minimum Gasteiger partial charge on any atom is -0.497 e. The lowest BCUT2D eigenvalue weighted by Crippen LogP contribution is -2.42. The number of carbonyl (C=O) groups excluding carboxylic acids is 1. The van der Waals surface area contributed by atoms with Gasteiger partial charge in [-0.25, -0.2) is 4.39 Å². The van der Waals surface area contributed by atoms with Crippen LogP contribution in [-0.2, 0) is 16.2 Å². The first kappa shape index (κ1) is 19.4. The van der Waals surface area contributed by atoms with E-state index in [2.05, 4.69) is 5.16 Å². The van der Waals surface area contributed by atoms with E-state index in [4.69, 9.17) is 9.57 Å². The van der Waals surface area contributed by atoms with E-state index < -0.39 is 0 Å². The molecule has 29 heavy (non-hydrogen) atoms. The van der Waals surface area contributed by atoms with Gasteiger partial charge in [0.25, 0.3) is 0 Å². The Kier molecular flexibility index (Phi) is 5.79. The van der Waals surface area contributed by atoms with Crippen LogP contribution in [0.5, 0.6) is 5.75 Å². The number of amides is 1. The maximum atomic E-state index is 13.5. The van der Waals surface area contributed by atoms with E-state index in [9.17, 15) is 9.18 Å². The zero-order chi connectivity index (χ0) is 20.2. The fourth-order valence-corrected chi connectivity index (χ4v) is 3.75. The molecule has 0 bridgehead atoms. The molecule has 4 rings (SSSR count). The molecule has 1 aliphatic heterocycles. The minimum atomic E-state index is -0.298. The van der Waals surface area contributed by atoms with Gasteiger partial charge in [0.15, 0.2) is 6.10 Å². The van der Waals surface area contributed by atoms with E-state index in [1.54, 1.807) is 13.2 Å². The largest absolute Gasteiger partial charge is 0.497 e. The first-order valence-corrected chi connectivity index (χ1v) is 10.0. The van der Waals surface area contributed by atoms with E-state index in [-0.39, 0.29) is 23.7 Å². The lowest BCUT2D eigenvalue weighted by atomic mass is 9.84. The monoisotopic (exact) mass is 396 g/mol. The number of rotatable bonds is 7. The molecule has 1 aliphatic carbocycles. The summed E-state index contributed by atoms with van der Waals surface area (Å²) in [5.41, 5.74) is 2.45. The Hall–Kier alpha value is -2.89. The summed E-state index contributed by atoms with van der Waals surface area (Å²) in [6.45, 7) is 0.955. The molecule has 1 amide bonds. The van der Waals surface area contributed by atoms with E-state index in [0.717, 1.165) is 36.1 Å². The molecule has 1 atom stereocenters. The molecule has 5 nitrogen and oxygen atoms in total. The van der Waals surface area contributed by atoms with Gasteiger partial charge in [0, 0.05) is 24.4 Å². The van der Waals surface area contributed by atoms with Crippen LogP contribution in [0.1, 0.15) is 36.8 Å². The number of oxime groups is 1. The third kappa shape index (κ3) is 4.58. The van der Waals surface area contributed by atoms with E-state index in [0.29, 0.717) is 25.2 Å². The summed E-state index contributed by atoms with van der Waals surface area (Å²) in [6, 6.07) is 14.1. The van der Waals surface area contributed by atoms with Gasteiger partial charge < -0.3 is 14.5 Å². The first-order valence-electron chi connectivity index (χ1n) is 10.0. The normalized spacial score (nSPS) is 18.6. The number of methoxy groups -OCH3 is 1. The molecule has 1 fully saturated rings. The Labute approximate surface area is 170 Å². The summed E-state index contributed by atoms with van der Waals surface area (Å²) in [5.74, 6) is 0.744. The van der Waals surface area contributed by atoms with Crippen LogP contribution in [-0.4, -0.2) is 36.3 Å². The highest BCUT2D eigenvalue weighted by molar-refractivity contribution is 6.01. The number of hydrogen-bond acceptors (Lipinski definition) is 4. The molecule has 2 aliphatic rings. The number of halogens is 1. The van der Waals surface area contributed by atoms with Gasteiger partial charge in [-0.05, 0) is 42.7 Å². The third-order valence-corrected chi connectivity index (χ3v) is 5.59. The van der Waals surface area contributed by atoms with Crippen LogP contribution < -0.4 is 4.74 Å². The van der Waals surface area contributed by atoms with Crippen LogP contribution in [0.4, 0.5) is 4.39 Å². The van der Waals surface area contributed by atoms with Crippen molar-refractivity contribution >= 4 is 11.6 Å². The van der Waals surface area contributed by atoms with Crippen molar-refractivity contribution in [2.24, 2.45) is 11.1 Å². The maximum absolute atomic E-state index is 13.5. The Morgan fingerprint density at radius 3 is 2.79 bits per heavy atom. The molecule has 6 heteroatoms. The lowest BCUT2D eigenvalue weighted by Gasteiger charge is -2.32.